The largest absolute Gasteiger partial charge is 0.477 e. The summed E-state index contributed by atoms with van der Waals surface area (Å²) in [5.74, 6) is -7.04. The molecule has 4 atom stereocenters. The van der Waals surface area contributed by atoms with Crippen molar-refractivity contribution in [3.63, 3.8) is 0 Å². The number of nitrogens with zero attached hydrogens (tertiary/aromatic N) is 5. The van der Waals surface area contributed by atoms with Crippen LogP contribution >= 0.6 is 24.0 Å². The van der Waals surface area contributed by atoms with Gasteiger partial charge in [-0.15, -0.1) is 0 Å². The minimum atomic E-state index is -1.62. The highest BCUT2D eigenvalue weighted by atomic mass is 32.2. The highest BCUT2D eigenvalue weighted by molar-refractivity contribution is 8.23. The van der Waals surface area contributed by atoms with Crippen molar-refractivity contribution in [2.75, 3.05) is 36.8 Å². The summed E-state index contributed by atoms with van der Waals surface area (Å²) in [6.45, 7) is 4.41. The van der Waals surface area contributed by atoms with Gasteiger partial charge in [0.25, 0.3) is 0 Å². The van der Waals surface area contributed by atoms with Crippen LogP contribution in [0.15, 0.2) is 46.5 Å². The maximum atomic E-state index is 15.5. The van der Waals surface area contributed by atoms with E-state index in [0.717, 1.165) is 29.0 Å². The molecule has 48 heavy (non-hydrogen) atoms. The zero-order valence-corrected chi connectivity index (χ0v) is 27.0. The molecule has 6 rings (SSSR count). The van der Waals surface area contributed by atoms with Gasteiger partial charge < -0.3 is 30.0 Å². The second-order valence-electron chi connectivity index (χ2n) is 11.8. The van der Waals surface area contributed by atoms with Gasteiger partial charge in [0.2, 0.25) is 11.3 Å². The molecule has 1 unspecified atom stereocenters. The Balaban J connectivity index is 1.21. The number of aromatic nitrogens is 2. The zero-order chi connectivity index (χ0) is 34.8. The maximum absolute atomic E-state index is 15.5. The lowest BCUT2D eigenvalue weighted by Crippen LogP contribution is -2.63. The number of aliphatic carboxylic acids is 1. The molecule has 252 valence electrons. The van der Waals surface area contributed by atoms with Crippen molar-refractivity contribution in [1.29, 1.82) is 0 Å². The Kier molecular flexibility index (Phi) is 8.72. The third-order valence-corrected chi connectivity index (χ3v) is 10.6. The highest BCUT2D eigenvalue weighted by Crippen LogP contribution is 2.48. The lowest BCUT2D eigenvalue weighted by atomic mass is 9.78. The smallest absolute Gasteiger partial charge is 0.352 e. The van der Waals surface area contributed by atoms with Crippen LogP contribution in [-0.4, -0.2) is 101 Å². The van der Waals surface area contributed by atoms with Gasteiger partial charge in [0, 0.05) is 50.1 Å². The fourth-order valence-corrected chi connectivity index (χ4v) is 8.02. The Bertz CT molecular complexity index is 2000. The van der Waals surface area contributed by atoms with E-state index < -0.39 is 69.7 Å². The Morgan fingerprint density at radius 3 is 2.35 bits per heavy atom. The van der Waals surface area contributed by atoms with Crippen molar-refractivity contribution >= 4 is 63.0 Å². The van der Waals surface area contributed by atoms with E-state index in [1.807, 2.05) is 11.8 Å². The summed E-state index contributed by atoms with van der Waals surface area (Å²) < 4.78 is 45.4. The van der Waals surface area contributed by atoms with E-state index in [0.29, 0.717) is 29.0 Å². The van der Waals surface area contributed by atoms with Crippen LogP contribution in [0.25, 0.3) is 16.7 Å². The van der Waals surface area contributed by atoms with Gasteiger partial charge in [0.1, 0.15) is 27.2 Å². The van der Waals surface area contributed by atoms with Gasteiger partial charge in [-0.25, -0.2) is 27.7 Å². The standard InChI is InChI=1S/C31H28F3N5O7S2/c1-13-18(24(30(45)46)39-23(13)22(14(2)40)28(39)42)12-48-31(47)37-7-5-36(6-8-37)27-20(34)10-16-25(41)17(29(43)44)11-38(26(16)35-27)21-4-3-15(32)9-19(21)33/h3-4,9-11,13-14,22-23,40H,5-8,12H2,1-2H3,(H,43,44)(H,45,46)/t13?,14-,22+,23-/m1/s1. The summed E-state index contributed by atoms with van der Waals surface area (Å²) >= 11 is 6.88. The molecule has 0 aliphatic carbocycles. The zero-order valence-electron chi connectivity index (χ0n) is 25.4. The van der Waals surface area contributed by atoms with Crippen LogP contribution in [0.5, 0.6) is 0 Å². The van der Waals surface area contributed by atoms with Crippen molar-refractivity contribution in [2.24, 2.45) is 11.8 Å². The number of amides is 1. The molecule has 0 radical (unpaired) electrons. The van der Waals surface area contributed by atoms with Gasteiger partial charge in [0.15, 0.2) is 17.3 Å². The van der Waals surface area contributed by atoms with Crippen LogP contribution < -0.4 is 10.3 Å². The van der Waals surface area contributed by atoms with Gasteiger partial charge in [-0.3, -0.25) is 14.2 Å². The van der Waals surface area contributed by atoms with Crippen molar-refractivity contribution in [3.8, 4) is 5.69 Å². The quantitative estimate of drug-likeness (QED) is 0.245. The first kappa shape index (κ1) is 33.4. The number of hydrogen-bond acceptors (Lipinski definition) is 9. The third kappa shape index (κ3) is 5.48. The fraction of sp³-hybridized carbons (Fsp3) is 0.355. The van der Waals surface area contributed by atoms with Crippen LogP contribution in [0.3, 0.4) is 0 Å². The summed E-state index contributed by atoms with van der Waals surface area (Å²) in [6, 6.07) is 3.00. The maximum Gasteiger partial charge on any atom is 0.352 e. The average molecular weight is 704 g/mol. The number of rotatable bonds is 7. The lowest BCUT2D eigenvalue weighted by molar-refractivity contribution is -0.163. The summed E-state index contributed by atoms with van der Waals surface area (Å²) in [4.78, 5) is 58.5. The van der Waals surface area contributed by atoms with Gasteiger partial charge in [-0.05, 0) is 30.7 Å². The van der Waals surface area contributed by atoms with Crippen molar-refractivity contribution in [1.82, 2.24) is 19.4 Å². The van der Waals surface area contributed by atoms with Crippen molar-refractivity contribution in [3.05, 3.63) is 75.0 Å². The summed E-state index contributed by atoms with van der Waals surface area (Å²) in [7, 11) is 0. The molecule has 0 saturated carbocycles. The number of thiocarbonyl (C=S) groups is 1. The number of anilines is 1. The van der Waals surface area contributed by atoms with E-state index >= 15 is 4.39 Å². The molecule has 0 spiro atoms. The molecule has 3 aliphatic rings. The molecule has 3 aliphatic heterocycles. The van der Waals surface area contributed by atoms with E-state index in [9.17, 15) is 43.3 Å². The highest BCUT2D eigenvalue weighted by Gasteiger charge is 2.59. The predicted octanol–water partition coefficient (Wildman–Crippen LogP) is 2.84. The molecule has 3 N–H and O–H groups in total. The number of thioether (sulfide) groups is 1. The minimum absolute atomic E-state index is 0.0816. The number of aliphatic hydroxyl groups is 1. The van der Waals surface area contributed by atoms with Gasteiger partial charge in [-0.2, -0.15) is 0 Å². The number of carbonyl (C=O) groups excluding carboxylic acids is 1. The minimum Gasteiger partial charge on any atom is -0.477 e. The predicted molar refractivity (Wildman–Crippen MR) is 173 cm³/mol. The van der Waals surface area contributed by atoms with E-state index in [1.165, 1.54) is 23.6 Å². The van der Waals surface area contributed by atoms with E-state index in [-0.39, 0.29) is 47.6 Å². The Hall–Kier alpha value is -4.48. The second kappa shape index (κ2) is 12.5. The number of carbonyl (C=O) groups is 3. The molecule has 0 bridgehead atoms. The molecule has 2 fully saturated rings. The van der Waals surface area contributed by atoms with Gasteiger partial charge >= 0.3 is 11.9 Å². The van der Waals surface area contributed by atoms with Gasteiger partial charge in [-0.1, -0.05) is 30.9 Å². The number of carboxylic acids is 2. The molecular formula is C31H28F3N5O7S2. The van der Waals surface area contributed by atoms with Crippen LogP contribution in [0, 0.1) is 29.3 Å². The SMILES string of the molecule is CC1C(CSC(=S)N2CCN(c3nc4c(cc3F)c(=O)c(C(=O)O)cn4-c3ccc(F)cc3F)CC2)=C(C(=O)O)N2C(=O)[C@@H]([C@@H](C)O)[C@@H]12. The molecule has 1 amide bonds. The Morgan fingerprint density at radius 2 is 1.75 bits per heavy atom. The number of pyridine rings is 2. The number of carboxylic acid groups (broad SMARTS) is 2. The van der Waals surface area contributed by atoms with Gasteiger partial charge in [0.05, 0.1) is 29.1 Å². The number of hydrogen-bond donors (Lipinski definition) is 3. The number of fused-ring (bicyclic) bond motifs is 2. The Morgan fingerprint density at radius 1 is 1.06 bits per heavy atom. The van der Waals surface area contributed by atoms with Crippen LogP contribution in [0.2, 0.25) is 0 Å². The fourth-order valence-electron chi connectivity index (χ4n) is 6.61. The van der Waals surface area contributed by atoms with Crippen molar-refractivity contribution < 1.29 is 42.9 Å². The van der Waals surface area contributed by atoms with E-state index in [2.05, 4.69) is 4.98 Å². The molecular weight excluding hydrogens is 675 g/mol. The first-order valence-corrected chi connectivity index (χ1v) is 16.2. The molecule has 3 aromatic rings. The lowest BCUT2D eigenvalue weighted by Gasteiger charge is -2.46. The topological polar surface area (TPSA) is 157 Å². The van der Waals surface area contributed by atoms with E-state index in [1.54, 1.807) is 4.90 Å². The number of benzene rings is 1. The number of piperazine rings is 1. The second-order valence-corrected chi connectivity index (χ2v) is 13.4. The summed E-state index contributed by atoms with van der Waals surface area (Å²) in [5, 5.41) is 29.1. The number of aliphatic hydroxyl groups excluding tert-OH is 1. The molecule has 17 heteroatoms. The molecule has 1 aromatic carbocycles. The van der Waals surface area contributed by atoms with Crippen LogP contribution in [0.4, 0.5) is 19.0 Å². The number of β-lactam (4-membered cyclic amide) rings is 1. The monoisotopic (exact) mass is 703 g/mol. The molecule has 2 saturated heterocycles. The average Bonchev–Trinajstić information content (AvgIpc) is 3.27. The summed E-state index contributed by atoms with van der Waals surface area (Å²) in [6.07, 6.45) is -0.0494. The van der Waals surface area contributed by atoms with E-state index in [4.69, 9.17) is 12.2 Å². The van der Waals surface area contributed by atoms with Crippen LogP contribution in [-0.2, 0) is 9.59 Å². The summed E-state index contributed by atoms with van der Waals surface area (Å²) in [5.41, 5.74) is -1.83. The molecule has 5 heterocycles. The molecule has 2 aromatic heterocycles. The Labute approximate surface area is 280 Å². The van der Waals surface area contributed by atoms with Crippen molar-refractivity contribution in [2.45, 2.75) is 26.0 Å². The third-order valence-electron chi connectivity index (χ3n) is 9.02. The first-order valence-electron chi connectivity index (χ1n) is 14.8. The first-order chi connectivity index (χ1) is 22.7. The normalized spacial score (nSPS) is 21.4. The number of halogens is 3. The van der Waals surface area contributed by atoms with Crippen LogP contribution in [0.1, 0.15) is 24.2 Å². The number of aromatic carboxylic acids is 1. The molecule has 12 nitrogen and oxygen atoms in total.